The van der Waals surface area contributed by atoms with Gasteiger partial charge in [0.2, 0.25) is 0 Å². The van der Waals surface area contributed by atoms with Crippen molar-refractivity contribution in [2.45, 2.75) is 218 Å². The van der Waals surface area contributed by atoms with Crippen molar-refractivity contribution in [1.82, 2.24) is 0 Å². The van der Waals surface area contributed by atoms with E-state index in [0.29, 0.717) is 32.1 Å². The minimum absolute atomic E-state index is 0.0377. The average molecular weight is 803 g/mol. The van der Waals surface area contributed by atoms with E-state index >= 15 is 0 Å². The number of aliphatic hydroxyl groups excluding tert-OH is 2. The van der Waals surface area contributed by atoms with Crippen molar-refractivity contribution in [2.24, 2.45) is 11.8 Å². The number of esters is 2. The Morgan fingerprint density at radius 1 is 0.709 bits per heavy atom. The van der Waals surface area contributed by atoms with Crippen LogP contribution in [0.3, 0.4) is 0 Å². The zero-order valence-corrected chi connectivity index (χ0v) is 35.4. The predicted molar refractivity (Wildman–Crippen MR) is 217 cm³/mol. The van der Waals surface area contributed by atoms with Gasteiger partial charge in [-0.3, -0.25) is 18.9 Å². The topological polar surface area (TPSA) is 177 Å². The van der Waals surface area contributed by atoms with Gasteiger partial charge in [-0.05, 0) is 25.7 Å². The number of phosphoric acid groups is 1. The van der Waals surface area contributed by atoms with Crippen molar-refractivity contribution in [3.05, 3.63) is 12.2 Å². The van der Waals surface area contributed by atoms with Gasteiger partial charge in [0.25, 0.3) is 0 Å². The van der Waals surface area contributed by atoms with Gasteiger partial charge in [-0.1, -0.05) is 167 Å². The van der Waals surface area contributed by atoms with Gasteiger partial charge >= 0.3 is 19.8 Å². The molecular formula is C43H79O11P. The van der Waals surface area contributed by atoms with Crippen molar-refractivity contribution in [2.75, 3.05) is 13.2 Å². The van der Waals surface area contributed by atoms with Gasteiger partial charge in [-0.25, -0.2) is 4.57 Å². The summed E-state index contributed by atoms with van der Waals surface area (Å²) in [5, 5.41) is 20.7. The Hall–Kier alpha value is -1.62. The zero-order chi connectivity index (χ0) is 40.6. The number of unbranched alkanes of at least 4 members (excludes halogenated alkanes) is 21. The Balaban J connectivity index is 2.22. The molecule has 0 saturated heterocycles. The molecule has 4 N–H and O–H groups in total. The van der Waals surface area contributed by atoms with Gasteiger partial charge in [-0.2, -0.15) is 0 Å². The van der Waals surface area contributed by atoms with Gasteiger partial charge in [-0.15, -0.1) is 0 Å². The van der Waals surface area contributed by atoms with Crippen LogP contribution in [0.5, 0.6) is 0 Å². The molecule has 55 heavy (non-hydrogen) atoms. The third-order valence-electron chi connectivity index (χ3n) is 10.7. The maximum absolute atomic E-state index is 12.5. The van der Waals surface area contributed by atoms with Crippen LogP contribution in [-0.4, -0.2) is 69.2 Å². The van der Waals surface area contributed by atoms with Crippen LogP contribution >= 0.6 is 7.82 Å². The molecule has 1 aliphatic carbocycles. The Kier molecular flexibility index (Phi) is 31.2. The van der Waals surface area contributed by atoms with Crippen molar-refractivity contribution >= 4 is 25.5 Å². The van der Waals surface area contributed by atoms with Crippen LogP contribution in [0.25, 0.3) is 0 Å². The van der Waals surface area contributed by atoms with Crippen molar-refractivity contribution in [3.8, 4) is 0 Å². The number of hydrogen-bond acceptors (Lipinski definition) is 9. The number of ketones is 1. The fourth-order valence-electron chi connectivity index (χ4n) is 7.33. The van der Waals surface area contributed by atoms with E-state index in [0.717, 1.165) is 51.4 Å². The van der Waals surface area contributed by atoms with Crippen LogP contribution in [0.2, 0.25) is 0 Å². The van der Waals surface area contributed by atoms with E-state index in [-0.39, 0.29) is 43.5 Å². The average Bonchev–Trinajstić information content (AvgIpc) is 3.41. The van der Waals surface area contributed by atoms with Gasteiger partial charge < -0.3 is 29.5 Å². The normalized spacial score (nSPS) is 18.6. The molecule has 1 saturated carbocycles. The third kappa shape index (κ3) is 29.3. The van der Waals surface area contributed by atoms with Crippen molar-refractivity contribution in [1.29, 1.82) is 0 Å². The summed E-state index contributed by atoms with van der Waals surface area (Å²) in [7, 11) is -4.82. The summed E-state index contributed by atoms with van der Waals surface area (Å²) in [6, 6.07) is 0. The molecule has 0 spiro atoms. The molecule has 5 atom stereocenters. The first-order chi connectivity index (χ1) is 26.5. The molecule has 0 aliphatic heterocycles. The Morgan fingerprint density at radius 2 is 1.18 bits per heavy atom. The maximum atomic E-state index is 12.5. The summed E-state index contributed by atoms with van der Waals surface area (Å²) in [6.45, 7) is 3.41. The van der Waals surface area contributed by atoms with Crippen LogP contribution in [0.4, 0.5) is 0 Å². The molecule has 1 fully saturated rings. The van der Waals surface area contributed by atoms with E-state index in [1.54, 1.807) is 12.2 Å². The van der Waals surface area contributed by atoms with E-state index in [1.165, 1.54) is 83.5 Å². The van der Waals surface area contributed by atoms with E-state index in [4.69, 9.17) is 19.3 Å². The zero-order valence-electron chi connectivity index (χ0n) is 34.6. The highest BCUT2D eigenvalue weighted by Crippen LogP contribution is 2.36. The second-order valence-electron chi connectivity index (χ2n) is 15.8. The summed E-state index contributed by atoms with van der Waals surface area (Å²) >= 11 is 0. The van der Waals surface area contributed by atoms with Gasteiger partial charge in [0.15, 0.2) is 6.10 Å². The highest BCUT2D eigenvalue weighted by Gasteiger charge is 2.39. The number of aliphatic hydroxyl groups is 2. The number of ether oxygens (including phenoxy) is 2. The van der Waals surface area contributed by atoms with Crippen LogP contribution < -0.4 is 0 Å². The summed E-state index contributed by atoms with van der Waals surface area (Å²) in [5.41, 5.74) is 0. The SMILES string of the molecule is CCCCCCCCCCCCCCCCCCCC(=O)OC[C@H](COP(=O)(O)O)OC(=O)CCCCCC[C@H]1C(=O)C[C@@H](O)[C@@H]1/C=C/[C@@H](O)CCCCC. The highest BCUT2D eigenvalue weighted by atomic mass is 31.2. The van der Waals surface area contributed by atoms with Crippen LogP contribution in [0.15, 0.2) is 12.2 Å². The summed E-state index contributed by atoms with van der Waals surface area (Å²) in [5.74, 6) is -1.59. The fourth-order valence-corrected chi connectivity index (χ4v) is 7.69. The quantitative estimate of drug-likeness (QED) is 0.0203. The van der Waals surface area contributed by atoms with Crippen LogP contribution in [0.1, 0.15) is 200 Å². The molecule has 12 heteroatoms. The van der Waals surface area contributed by atoms with Gasteiger partial charge in [0.1, 0.15) is 12.4 Å². The molecule has 0 aromatic rings. The molecule has 11 nitrogen and oxygen atoms in total. The summed E-state index contributed by atoms with van der Waals surface area (Å²) in [4.78, 5) is 55.7. The monoisotopic (exact) mass is 803 g/mol. The molecule has 0 unspecified atom stereocenters. The lowest BCUT2D eigenvalue weighted by molar-refractivity contribution is -0.161. The maximum Gasteiger partial charge on any atom is 0.469 e. The standard InChI is InChI=1S/C43H79O11P/c1-3-5-7-8-9-10-11-12-13-14-15-16-17-18-19-20-25-29-42(47)52-34-37(35-53-55(49,50)51)54-43(48)30-26-22-21-24-28-38-39(41(46)33-40(38)45)32-31-36(44)27-23-6-4-2/h31-32,36-39,41,44,46H,3-30,33-35H2,1-2H3,(H2,49,50,51)/b32-31+/t36-,37+,38+,39+,41+/m0/s1. The number of hydrogen-bond donors (Lipinski definition) is 4. The molecule has 0 aromatic heterocycles. The lowest BCUT2D eigenvalue weighted by Gasteiger charge is -2.19. The van der Waals surface area contributed by atoms with Crippen LogP contribution in [0, 0.1) is 11.8 Å². The first-order valence-corrected chi connectivity index (χ1v) is 23.6. The number of carbonyl (C=O) groups excluding carboxylic acids is 3. The molecular weight excluding hydrogens is 723 g/mol. The molecule has 1 aliphatic rings. The smallest absolute Gasteiger partial charge is 0.462 e. The first kappa shape index (κ1) is 51.4. The molecule has 322 valence electrons. The Bertz CT molecular complexity index is 1060. The van der Waals surface area contributed by atoms with E-state index in [9.17, 15) is 29.2 Å². The fraction of sp³-hybridized carbons (Fsp3) is 0.884. The molecule has 0 heterocycles. The van der Waals surface area contributed by atoms with Crippen molar-refractivity contribution in [3.63, 3.8) is 0 Å². The Morgan fingerprint density at radius 3 is 1.71 bits per heavy atom. The minimum atomic E-state index is -4.82. The van der Waals surface area contributed by atoms with E-state index in [2.05, 4.69) is 18.4 Å². The van der Waals surface area contributed by atoms with E-state index < -0.39 is 44.7 Å². The van der Waals surface area contributed by atoms with Gasteiger partial charge in [0.05, 0.1) is 18.8 Å². The summed E-state index contributed by atoms with van der Waals surface area (Å²) in [6.07, 6.45) is 29.7. The first-order valence-electron chi connectivity index (χ1n) is 22.1. The molecule has 0 amide bonds. The van der Waals surface area contributed by atoms with Crippen LogP contribution in [-0.2, 0) is 32.9 Å². The second-order valence-corrected chi connectivity index (χ2v) is 17.0. The second kappa shape index (κ2) is 33.4. The highest BCUT2D eigenvalue weighted by molar-refractivity contribution is 7.46. The molecule has 1 rings (SSSR count). The molecule has 0 radical (unpaired) electrons. The molecule has 0 bridgehead atoms. The lowest BCUT2D eigenvalue weighted by Crippen LogP contribution is -2.29. The number of carbonyl (C=O) groups is 3. The van der Waals surface area contributed by atoms with Crippen molar-refractivity contribution < 1.29 is 52.9 Å². The minimum Gasteiger partial charge on any atom is -0.462 e. The Labute approximate surface area is 333 Å². The number of rotatable bonds is 37. The largest absolute Gasteiger partial charge is 0.469 e. The summed E-state index contributed by atoms with van der Waals surface area (Å²) < 4.78 is 26.4. The predicted octanol–water partition coefficient (Wildman–Crippen LogP) is 10.00. The van der Waals surface area contributed by atoms with E-state index in [1.807, 2.05) is 0 Å². The number of phosphoric ester groups is 1. The number of Topliss-reactive ketones (excluding diaryl/α,β-unsaturated/α-hetero) is 1. The lowest BCUT2D eigenvalue weighted by atomic mass is 9.88. The third-order valence-corrected chi connectivity index (χ3v) is 11.2. The van der Waals surface area contributed by atoms with Gasteiger partial charge in [0, 0.05) is 31.1 Å². The molecule has 0 aromatic carbocycles.